The average molecular weight is 423 g/mol. The highest BCUT2D eigenvalue weighted by atomic mass is 31.0. The lowest BCUT2D eigenvalue weighted by atomic mass is 9.84. The van der Waals surface area contributed by atoms with Gasteiger partial charge in [-0.15, -0.1) is 9.24 Å². The number of carbonyl (C=O) groups excluding carboxylic acids is 1. The molecule has 2 unspecified atom stereocenters. The van der Waals surface area contributed by atoms with Gasteiger partial charge in [0.15, 0.2) is 0 Å². The van der Waals surface area contributed by atoms with Crippen molar-refractivity contribution < 1.29 is 9.53 Å². The van der Waals surface area contributed by atoms with Gasteiger partial charge in [0, 0.05) is 23.1 Å². The van der Waals surface area contributed by atoms with Gasteiger partial charge in [0.2, 0.25) is 5.91 Å². The van der Waals surface area contributed by atoms with E-state index in [1.54, 1.807) is 0 Å². The molecule has 1 aromatic heterocycles. The summed E-state index contributed by atoms with van der Waals surface area (Å²) in [5, 5.41) is 1.13. The average Bonchev–Trinajstić information content (AvgIpc) is 3.06. The molecule has 0 aliphatic heterocycles. The fraction of sp³-hybridized carbons (Fsp3) is 0.400. The Kier molecular flexibility index (Phi) is 6.43. The molecule has 3 aromatic rings. The largest absolute Gasteiger partial charge is 0.493 e. The minimum atomic E-state index is -0.222. The summed E-state index contributed by atoms with van der Waals surface area (Å²) < 4.78 is 8.56. The van der Waals surface area contributed by atoms with Crippen molar-refractivity contribution in [3.8, 4) is 5.75 Å². The molecule has 2 N–H and O–H groups in total. The summed E-state index contributed by atoms with van der Waals surface area (Å²) in [6, 6.07) is 15.0. The quantitative estimate of drug-likeness (QED) is 0.419. The molecule has 5 heteroatoms. The number of nitrogens with two attached hydrogens (primary N) is 1. The van der Waals surface area contributed by atoms with Crippen LogP contribution in [-0.2, 0) is 24.2 Å². The second kappa shape index (κ2) is 9.22. The molecule has 1 aliphatic carbocycles. The highest BCUT2D eigenvalue weighted by molar-refractivity contribution is 7.16. The summed E-state index contributed by atoms with van der Waals surface area (Å²) in [6.45, 7) is 3.67. The van der Waals surface area contributed by atoms with Crippen molar-refractivity contribution in [1.82, 2.24) is 4.57 Å². The molecule has 0 saturated carbocycles. The first-order chi connectivity index (χ1) is 14.6. The molecule has 0 bridgehead atoms. The van der Waals surface area contributed by atoms with E-state index in [4.69, 9.17) is 10.5 Å². The Bertz CT molecular complexity index is 1040. The number of nitrogens with zero attached hydrogens (tertiary/aromatic N) is 1. The molecule has 0 radical (unpaired) electrons. The van der Waals surface area contributed by atoms with Crippen LogP contribution in [0.2, 0.25) is 0 Å². The van der Waals surface area contributed by atoms with E-state index in [1.165, 1.54) is 22.3 Å². The van der Waals surface area contributed by atoms with E-state index < -0.39 is 0 Å². The van der Waals surface area contributed by atoms with Crippen LogP contribution in [-0.4, -0.2) is 23.2 Å². The molecule has 1 amide bonds. The number of hydrogen-bond donors (Lipinski definition) is 1. The molecular weight excluding hydrogens is 391 g/mol. The van der Waals surface area contributed by atoms with Gasteiger partial charge in [-0.1, -0.05) is 37.3 Å². The topological polar surface area (TPSA) is 57.2 Å². The van der Waals surface area contributed by atoms with Crippen molar-refractivity contribution in [2.24, 2.45) is 5.73 Å². The van der Waals surface area contributed by atoms with Crippen LogP contribution in [0.15, 0.2) is 42.5 Å². The number of amides is 1. The van der Waals surface area contributed by atoms with Crippen LogP contribution in [0.1, 0.15) is 54.5 Å². The molecule has 2 aromatic carbocycles. The Balaban J connectivity index is 1.90. The molecule has 1 heterocycles. The lowest BCUT2D eigenvalue weighted by Crippen LogP contribution is -2.25. The van der Waals surface area contributed by atoms with Crippen LogP contribution >= 0.6 is 9.24 Å². The minimum absolute atomic E-state index is 0.222. The number of aromatic nitrogens is 1. The Morgan fingerprint density at radius 1 is 1.27 bits per heavy atom. The Hall–Kier alpha value is -2.32. The van der Waals surface area contributed by atoms with Crippen LogP contribution in [0, 0.1) is 0 Å². The van der Waals surface area contributed by atoms with E-state index in [2.05, 4.69) is 57.1 Å². The monoisotopic (exact) mass is 422 g/mol. The van der Waals surface area contributed by atoms with Gasteiger partial charge in [-0.2, -0.15) is 0 Å². The van der Waals surface area contributed by atoms with Crippen LogP contribution in [0.25, 0.3) is 10.9 Å². The molecule has 0 fully saturated rings. The van der Waals surface area contributed by atoms with Crippen molar-refractivity contribution in [2.45, 2.75) is 51.5 Å². The molecule has 4 nitrogen and oxygen atoms in total. The minimum Gasteiger partial charge on any atom is -0.493 e. The van der Waals surface area contributed by atoms with Crippen LogP contribution < -0.4 is 10.5 Å². The first kappa shape index (κ1) is 20.9. The van der Waals surface area contributed by atoms with Gasteiger partial charge < -0.3 is 15.0 Å². The molecule has 4 rings (SSSR count). The third-order valence-corrected chi connectivity index (χ3v) is 6.57. The van der Waals surface area contributed by atoms with Crippen LogP contribution in [0.4, 0.5) is 0 Å². The second-order valence-electron chi connectivity index (χ2n) is 8.10. The van der Waals surface area contributed by atoms with E-state index in [-0.39, 0.29) is 11.8 Å². The molecule has 158 valence electrons. The zero-order chi connectivity index (χ0) is 21.1. The maximum Gasteiger partial charge on any atom is 0.225 e. The smallest absolute Gasteiger partial charge is 0.225 e. The fourth-order valence-corrected chi connectivity index (χ4v) is 4.85. The number of carbonyl (C=O) groups is 1. The molecule has 0 saturated heterocycles. The summed E-state index contributed by atoms with van der Waals surface area (Å²) in [4.78, 5) is 12.3. The van der Waals surface area contributed by atoms with E-state index in [0.29, 0.717) is 6.61 Å². The van der Waals surface area contributed by atoms with Gasteiger partial charge in [-0.3, -0.25) is 4.79 Å². The Morgan fingerprint density at radius 3 is 2.77 bits per heavy atom. The molecular formula is C25H31N2O2P. The van der Waals surface area contributed by atoms with Crippen LogP contribution in [0.5, 0.6) is 5.75 Å². The van der Waals surface area contributed by atoms with Crippen molar-refractivity contribution in [1.29, 1.82) is 0 Å². The van der Waals surface area contributed by atoms with E-state index in [9.17, 15) is 4.79 Å². The standard InChI is InChI=1S/C25H31N2O2P/c1-2-18-14-22-20(15-23(18)29-12-7-13-30)24-19(25(26)28)10-6-11-21(24)27(22)16-17-8-4-3-5-9-17/h3-5,8-9,14-15,19H,2,6-7,10-13,16,30H2,1H3,(H2,26,28). The molecule has 1 aliphatic rings. The summed E-state index contributed by atoms with van der Waals surface area (Å²) in [6.07, 6.45) is 5.73. The maximum atomic E-state index is 12.3. The molecule has 2 atom stereocenters. The van der Waals surface area contributed by atoms with Crippen molar-refractivity contribution >= 4 is 26.0 Å². The molecule has 0 spiro atoms. The number of ether oxygens (including phenoxy) is 1. The normalized spacial score (nSPS) is 15.9. The van der Waals surface area contributed by atoms with Crippen molar-refractivity contribution in [3.05, 3.63) is 64.8 Å². The number of fused-ring (bicyclic) bond motifs is 3. The number of benzene rings is 2. The first-order valence-electron chi connectivity index (χ1n) is 11.0. The van der Waals surface area contributed by atoms with E-state index in [0.717, 1.165) is 61.5 Å². The first-order valence-corrected chi connectivity index (χ1v) is 11.8. The Morgan fingerprint density at radius 2 is 2.07 bits per heavy atom. The highest BCUT2D eigenvalue weighted by Gasteiger charge is 2.31. The number of hydrogen-bond acceptors (Lipinski definition) is 2. The predicted octanol–water partition coefficient (Wildman–Crippen LogP) is 4.80. The van der Waals surface area contributed by atoms with Gasteiger partial charge in [-0.05, 0) is 67.1 Å². The van der Waals surface area contributed by atoms with Gasteiger partial charge >= 0.3 is 0 Å². The van der Waals surface area contributed by atoms with E-state index >= 15 is 0 Å². The predicted molar refractivity (Wildman–Crippen MR) is 126 cm³/mol. The SMILES string of the molecule is CCc1cc2c(cc1OCCCP)c1c(n2Cc2ccccc2)CCCC1C(N)=O. The lowest BCUT2D eigenvalue weighted by Gasteiger charge is -2.22. The third-order valence-electron chi connectivity index (χ3n) is 6.17. The summed E-state index contributed by atoms with van der Waals surface area (Å²) in [7, 11) is 2.75. The zero-order valence-corrected chi connectivity index (χ0v) is 18.8. The summed E-state index contributed by atoms with van der Waals surface area (Å²) in [5.74, 6) is 0.498. The summed E-state index contributed by atoms with van der Waals surface area (Å²) >= 11 is 0. The number of aryl methyl sites for hydroxylation is 1. The zero-order valence-electron chi connectivity index (χ0n) is 17.7. The highest BCUT2D eigenvalue weighted by Crippen LogP contribution is 2.42. The van der Waals surface area contributed by atoms with Crippen molar-refractivity contribution in [2.75, 3.05) is 12.8 Å². The van der Waals surface area contributed by atoms with E-state index in [1.807, 2.05) is 6.07 Å². The third kappa shape index (κ3) is 3.98. The molecule has 30 heavy (non-hydrogen) atoms. The van der Waals surface area contributed by atoms with Gasteiger partial charge in [0.25, 0.3) is 0 Å². The number of primary amides is 1. The van der Waals surface area contributed by atoms with Crippen LogP contribution in [0.3, 0.4) is 0 Å². The van der Waals surface area contributed by atoms with Gasteiger partial charge in [-0.25, -0.2) is 0 Å². The fourth-order valence-electron chi connectivity index (χ4n) is 4.68. The van der Waals surface area contributed by atoms with Gasteiger partial charge in [0.1, 0.15) is 5.75 Å². The number of rotatable bonds is 8. The lowest BCUT2D eigenvalue weighted by molar-refractivity contribution is -0.119. The Labute approximate surface area is 181 Å². The second-order valence-corrected chi connectivity index (χ2v) is 8.68. The van der Waals surface area contributed by atoms with Crippen molar-refractivity contribution in [3.63, 3.8) is 0 Å². The van der Waals surface area contributed by atoms with Gasteiger partial charge in [0.05, 0.1) is 12.5 Å². The summed E-state index contributed by atoms with van der Waals surface area (Å²) in [5.41, 5.74) is 11.9. The maximum absolute atomic E-state index is 12.3.